The van der Waals surface area contributed by atoms with Crippen molar-refractivity contribution in [3.63, 3.8) is 0 Å². The molecule has 104 valence electrons. The van der Waals surface area contributed by atoms with Crippen LogP contribution in [0.3, 0.4) is 0 Å². The van der Waals surface area contributed by atoms with Crippen molar-refractivity contribution in [2.45, 2.75) is 13.0 Å². The first-order chi connectivity index (χ1) is 10.3. The molecule has 0 fully saturated rings. The standard InChI is InChI=1S/C18H16N2O/c1-3-12-20-17-7-5-4-6-16(17)19-18(20)13-14-8-10-15(21-2)11-9-14/h1,4-11H,12-13H2,2H3. The van der Waals surface area contributed by atoms with Crippen molar-refractivity contribution >= 4 is 11.0 Å². The third-order valence-electron chi connectivity index (χ3n) is 3.50. The summed E-state index contributed by atoms with van der Waals surface area (Å²) in [6, 6.07) is 16.1. The molecule has 0 spiro atoms. The molecule has 0 atom stereocenters. The highest BCUT2D eigenvalue weighted by atomic mass is 16.5. The van der Waals surface area contributed by atoms with E-state index in [1.54, 1.807) is 7.11 Å². The smallest absolute Gasteiger partial charge is 0.118 e. The number of imidazole rings is 1. The van der Waals surface area contributed by atoms with E-state index in [-0.39, 0.29) is 0 Å². The van der Waals surface area contributed by atoms with Gasteiger partial charge >= 0.3 is 0 Å². The molecule has 1 heterocycles. The fourth-order valence-corrected chi connectivity index (χ4v) is 2.45. The van der Waals surface area contributed by atoms with Gasteiger partial charge in [0.25, 0.3) is 0 Å². The first kappa shape index (κ1) is 13.3. The van der Waals surface area contributed by atoms with Crippen molar-refractivity contribution in [1.29, 1.82) is 0 Å². The molecule has 3 heteroatoms. The maximum absolute atomic E-state index is 5.50. The summed E-state index contributed by atoms with van der Waals surface area (Å²) in [6.45, 7) is 0.534. The van der Waals surface area contributed by atoms with Gasteiger partial charge in [-0.15, -0.1) is 6.42 Å². The minimum absolute atomic E-state index is 0.534. The van der Waals surface area contributed by atoms with Crippen molar-refractivity contribution in [1.82, 2.24) is 9.55 Å². The van der Waals surface area contributed by atoms with Gasteiger partial charge in [0.15, 0.2) is 0 Å². The van der Waals surface area contributed by atoms with E-state index < -0.39 is 0 Å². The van der Waals surface area contributed by atoms with Crippen molar-refractivity contribution < 1.29 is 4.74 Å². The second-order valence-corrected chi connectivity index (χ2v) is 4.83. The molecule has 0 saturated heterocycles. The largest absolute Gasteiger partial charge is 0.497 e. The second kappa shape index (κ2) is 5.72. The van der Waals surface area contributed by atoms with Crippen LogP contribution in [0.2, 0.25) is 0 Å². The average Bonchev–Trinajstić information content (AvgIpc) is 2.86. The average molecular weight is 276 g/mol. The molecule has 3 rings (SSSR count). The molecule has 0 aliphatic carbocycles. The Bertz CT molecular complexity index is 794. The number of fused-ring (bicyclic) bond motifs is 1. The normalized spacial score (nSPS) is 10.5. The lowest BCUT2D eigenvalue weighted by molar-refractivity contribution is 0.414. The summed E-state index contributed by atoms with van der Waals surface area (Å²) in [7, 11) is 1.67. The third kappa shape index (κ3) is 2.61. The number of rotatable bonds is 4. The van der Waals surface area contributed by atoms with Crippen LogP contribution >= 0.6 is 0 Å². The highest BCUT2D eigenvalue weighted by Crippen LogP contribution is 2.19. The van der Waals surface area contributed by atoms with E-state index in [1.165, 1.54) is 5.56 Å². The monoisotopic (exact) mass is 276 g/mol. The molecule has 3 aromatic rings. The van der Waals surface area contributed by atoms with E-state index in [0.29, 0.717) is 6.54 Å². The third-order valence-corrected chi connectivity index (χ3v) is 3.50. The van der Waals surface area contributed by atoms with E-state index in [4.69, 9.17) is 16.1 Å². The summed E-state index contributed by atoms with van der Waals surface area (Å²) in [6.07, 6.45) is 6.25. The van der Waals surface area contributed by atoms with Crippen LogP contribution in [0, 0.1) is 12.3 Å². The lowest BCUT2D eigenvalue weighted by Gasteiger charge is -2.06. The fourth-order valence-electron chi connectivity index (χ4n) is 2.45. The minimum atomic E-state index is 0.534. The molecular weight excluding hydrogens is 260 g/mol. The predicted molar refractivity (Wildman–Crippen MR) is 84.4 cm³/mol. The lowest BCUT2D eigenvalue weighted by Crippen LogP contribution is -2.03. The van der Waals surface area contributed by atoms with Crippen LogP contribution in [0.25, 0.3) is 11.0 Å². The van der Waals surface area contributed by atoms with Gasteiger partial charge in [-0.05, 0) is 29.8 Å². The Labute approximate surface area is 124 Å². The van der Waals surface area contributed by atoms with Crippen LogP contribution in [0.15, 0.2) is 48.5 Å². The molecule has 2 aromatic carbocycles. The molecule has 0 aliphatic heterocycles. The molecular formula is C18H16N2O. The molecule has 0 N–H and O–H groups in total. The molecule has 0 unspecified atom stereocenters. The molecule has 0 bridgehead atoms. The maximum atomic E-state index is 5.50. The molecule has 21 heavy (non-hydrogen) atoms. The minimum Gasteiger partial charge on any atom is -0.497 e. The quantitative estimate of drug-likeness (QED) is 0.684. The van der Waals surface area contributed by atoms with Gasteiger partial charge in [-0.1, -0.05) is 30.2 Å². The van der Waals surface area contributed by atoms with Crippen molar-refractivity contribution in [2.75, 3.05) is 7.11 Å². The molecule has 0 aliphatic rings. The maximum Gasteiger partial charge on any atom is 0.118 e. The van der Waals surface area contributed by atoms with Gasteiger partial charge in [0.1, 0.15) is 11.6 Å². The number of ether oxygens (including phenoxy) is 1. The number of terminal acetylenes is 1. The SMILES string of the molecule is C#CCn1c(Cc2ccc(OC)cc2)nc2ccccc21. The van der Waals surface area contributed by atoms with Crippen LogP contribution < -0.4 is 4.74 Å². The van der Waals surface area contributed by atoms with E-state index in [1.807, 2.05) is 30.3 Å². The molecule has 0 amide bonds. The van der Waals surface area contributed by atoms with Gasteiger partial charge in [-0.2, -0.15) is 0 Å². The Hall–Kier alpha value is -2.73. The van der Waals surface area contributed by atoms with Gasteiger partial charge in [0, 0.05) is 6.42 Å². The fraction of sp³-hybridized carbons (Fsp3) is 0.167. The number of hydrogen-bond donors (Lipinski definition) is 0. The number of para-hydroxylation sites is 2. The Balaban J connectivity index is 1.99. The number of hydrogen-bond acceptors (Lipinski definition) is 2. The Morgan fingerprint density at radius 2 is 1.90 bits per heavy atom. The summed E-state index contributed by atoms with van der Waals surface area (Å²) >= 11 is 0. The number of methoxy groups -OCH3 is 1. The van der Waals surface area contributed by atoms with E-state index in [0.717, 1.165) is 29.0 Å². The van der Waals surface area contributed by atoms with Crippen LogP contribution in [0.1, 0.15) is 11.4 Å². The van der Waals surface area contributed by atoms with Crippen LogP contribution in [-0.4, -0.2) is 16.7 Å². The highest BCUT2D eigenvalue weighted by molar-refractivity contribution is 5.76. The number of benzene rings is 2. The van der Waals surface area contributed by atoms with Crippen LogP contribution in [0.5, 0.6) is 5.75 Å². The van der Waals surface area contributed by atoms with Gasteiger partial charge in [0.2, 0.25) is 0 Å². The first-order valence-corrected chi connectivity index (χ1v) is 6.82. The predicted octanol–water partition coefficient (Wildman–Crippen LogP) is 3.27. The van der Waals surface area contributed by atoms with Gasteiger partial charge < -0.3 is 9.30 Å². The van der Waals surface area contributed by atoms with Gasteiger partial charge in [0.05, 0.1) is 24.7 Å². The zero-order valence-electron chi connectivity index (χ0n) is 11.9. The van der Waals surface area contributed by atoms with Gasteiger partial charge in [-0.25, -0.2) is 4.98 Å². The van der Waals surface area contributed by atoms with Crippen LogP contribution in [0.4, 0.5) is 0 Å². The van der Waals surface area contributed by atoms with Gasteiger partial charge in [-0.3, -0.25) is 0 Å². The van der Waals surface area contributed by atoms with Crippen molar-refractivity contribution in [3.05, 3.63) is 59.9 Å². The van der Waals surface area contributed by atoms with E-state index in [9.17, 15) is 0 Å². The van der Waals surface area contributed by atoms with Crippen LogP contribution in [-0.2, 0) is 13.0 Å². The molecule has 3 nitrogen and oxygen atoms in total. The number of aromatic nitrogens is 2. The summed E-state index contributed by atoms with van der Waals surface area (Å²) in [5, 5.41) is 0. The van der Waals surface area contributed by atoms with E-state index >= 15 is 0 Å². The Morgan fingerprint density at radius 3 is 2.62 bits per heavy atom. The van der Waals surface area contributed by atoms with Crippen molar-refractivity contribution in [3.8, 4) is 18.1 Å². The summed E-state index contributed by atoms with van der Waals surface area (Å²) in [5.41, 5.74) is 3.25. The Kier molecular flexibility index (Phi) is 3.61. The topological polar surface area (TPSA) is 27.1 Å². The summed E-state index contributed by atoms with van der Waals surface area (Å²) in [4.78, 5) is 4.71. The zero-order valence-corrected chi connectivity index (χ0v) is 11.9. The van der Waals surface area contributed by atoms with E-state index in [2.05, 4.69) is 28.7 Å². The molecule has 0 radical (unpaired) electrons. The zero-order chi connectivity index (χ0) is 14.7. The second-order valence-electron chi connectivity index (χ2n) is 4.83. The number of nitrogens with zero attached hydrogens (tertiary/aromatic N) is 2. The van der Waals surface area contributed by atoms with Crippen molar-refractivity contribution in [2.24, 2.45) is 0 Å². The molecule has 1 aromatic heterocycles. The lowest BCUT2D eigenvalue weighted by atomic mass is 10.1. The summed E-state index contributed by atoms with van der Waals surface area (Å²) < 4.78 is 7.28. The Morgan fingerprint density at radius 1 is 1.14 bits per heavy atom. The highest BCUT2D eigenvalue weighted by Gasteiger charge is 2.10. The summed E-state index contributed by atoms with van der Waals surface area (Å²) in [5.74, 6) is 4.55. The molecule has 0 saturated carbocycles. The first-order valence-electron chi connectivity index (χ1n) is 6.82.